The third kappa shape index (κ3) is 2.66. The van der Waals surface area contributed by atoms with Crippen molar-refractivity contribution in [2.45, 2.75) is 0 Å². The molecule has 0 spiro atoms. The summed E-state index contributed by atoms with van der Waals surface area (Å²) in [5, 5.41) is 9.01. The third-order valence-corrected chi connectivity index (χ3v) is 2.83. The number of rotatable bonds is 3. The fourth-order valence-corrected chi connectivity index (χ4v) is 1.83. The van der Waals surface area contributed by atoms with Gasteiger partial charge in [-0.15, -0.1) is 0 Å². The van der Waals surface area contributed by atoms with Crippen LogP contribution in [0.1, 0.15) is 20.7 Å². The van der Waals surface area contributed by atoms with Crippen LogP contribution in [-0.4, -0.2) is 24.2 Å². The highest BCUT2D eigenvalue weighted by molar-refractivity contribution is 6.00. The van der Waals surface area contributed by atoms with Crippen LogP contribution < -0.4 is 0 Å². The second kappa shape index (κ2) is 5.52. The summed E-state index contributed by atoms with van der Waals surface area (Å²) in [6.07, 6.45) is 0. The summed E-state index contributed by atoms with van der Waals surface area (Å²) >= 11 is 0. The number of carboxylic acid groups (broad SMARTS) is 1. The van der Waals surface area contributed by atoms with Gasteiger partial charge in [0.2, 0.25) is 0 Å². The maximum atomic E-state index is 12.9. The minimum Gasteiger partial charge on any atom is -0.478 e. The number of esters is 1. The van der Waals surface area contributed by atoms with Crippen molar-refractivity contribution in [1.82, 2.24) is 0 Å². The Balaban J connectivity index is 2.62. The van der Waals surface area contributed by atoms with E-state index in [4.69, 9.17) is 5.11 Å². The van der Waals surface area contributed by atoms with E-state index < -0.39 is 17.8 Å². The van der Waals surface area contributed by atoms with E-state index in [2.05, 4.69) is 4.74 Å². The minimum atomic E-state index is -1.11. The molecule has 0 aliphatic rings. The monoisotopic (exact) mass is 274 g/mol. The lowest BCUT2D eigenvalue weighted by Gasteiger charge is -2.09. The predicted octanol–water partition coefficient (Wildman–Crippen LogP) is 2.98. The molecular formula is C15H11FO4. The normalized spacial score (nSPS) is 10.1. The molecule has 0 aliphatic carbocycles. The SMILES string of the molecule is COC(=O)c1ccc(C(=O)O)cc1-c1ccc(F)cc1. The first-order valence-corrected chi connectivity index (χ1v) is 5.74. The van der Waals surface area contributed by atoms with Gasteiger partial charge in [0.25, 0.3) is 0 Å². The number of hydrogen-bond acceptors (Lipinski definition) is 3. The molecule has 1 N–H and O–H groups in total. The molecule has 4 nitrogen and oxygen atoms in total. The molecule has 0 atom stereocenters. The first-order chi connectivity index (χ1) is 9.52. The van der Waals surface area contributed by atoms with Gasteiger partial charge in [-0.05, 0) is 41.5 Å². The fraction of sp³-hybridized carbons (Fsp3) is 0.0667. The van der Waals surface area contributed by atoms with Crippen molar-refractivity contribution in [1.29, 1.82) is 0 Å². The molecule has 0 amide bonds. The van der Waals surface area contributed by atoms with Gasteiger partial charge in [0.1, 0.15) is 5.82 Å². The minimum absolute atomic E-state index is 0.0389. The van der Waals surface area contributed by atoms with Crippen LogP contribution in [0.25, 0.3) is 11.1 Å². The Labute approximate surface area is 114 Å². The van der Waals surface area contributed by atoms with E-state index >= 15 is 0 Å². The molecule has 0 unspecified atom stereocenters. The number of halogens is 1. The van der Waals surface area contributed by atoms with Crippen molar-refractivity contribution in [3.05, 3.63) is 59.4 Å². The average Bonchev–Trinajstić information content (AvgIpc) is 2.46. The van der Waals surface area contributed by atoms with Gasteiger partial charge < -0.3 is 9.84 Å². The average molecular weight is 274 g/mol. The van der Waals surface area contributed by atoms with E-state index in [1.54, 1.807) is 0 Å². The van der Waals surface area contributed by atoms with Crippen LogP contribution in [0.5, 0.6) is 0 Å². The van der Waals surface area contributed by atoms with E-state index in [0.717, 1.165) is 0 Å². The van der Waals surface area contributed by atoms with Gasteiger partial charge in [-0.3, -0.25) is 0 Å². The van der Waals surface area contributed by atoms with Crippen LogP contribution in [0.2, 0.25) is 0 Å². The van der Waals surface area contributed by atoms with E-state index in [1.165, 1.54) is 49.6 Å². The number of methoxy groups -OCH3 is 1. The van der Waals surface area contributed by atoms with E-state index in [9.17, 15) is 14.0 Å². The first-order valence-electron chi connectivity index (χ1n) is 5.74. The van der Waals surface area contributed by atoms with Gasteiger partial charge in [-0.1, -0.05) is 12.1 Å². The number of aromatic carboxylic acids is 1. The van der Waals surface area contributed by atoms with Gasteiger partial charge in [0.05, 0.1) is 18.2 Å². The maximum absolute atomic E-state index is 12.9. The van der Waals surface area contributed by atoms with Crippen molar-refractivity contribution in [3.8, 4) is 11.1 Å². The molecule has 0 saturated carbocycles. The Bertz CT molecular complexity index is 662. The molecule has 2 rings (SSSR count). The topological polar surface area (TPSA) is 63.6 Å². The van der Waals surface area contributed by atoms with Gasteiger partial charge in [-0.25, -0.2) is 14.0 Å². The lowest BCUT2D eigenvalue weighted by Crippen LogP contribution is -2.06. The second-order valence-corrected chi connectivity index (χ2v) is 4.06. The molecule has 102 valence electrons. The Morgan fingerprint density at radius 3 is 2.30 bits per heavy atom. The highest BCUT2D eigenvalue weighted by atomic mass is 19.1. The van der Waals surface area contributed by atoms with Crippen molar-refractivity contribution in [2.75, 3.05) is 7.11 Å². The molecule has 0 aromatic heterocycles. The lowest BCUT2D eigenvalue weighted by molar-refractivity contribution is 0.0599. The quantitative estimate of drug-likeness (QED) is 0.874. The molecule has 0 radical (unpaired) electrons. The molecular weight excluding hydrogens is 263 g/mol. The molecule has 0 saturated heterocycles. The zero-order valence-electron chi connectivity index (χ0n) is 10.6. The highest BCUT2D eigenvalue weighted by Crippen LogP contribution is 2.26. The van der Waals surface area contributed by atoms with E-state index in [0.29, 0.717) is 11.1 Å². The van der Waals surface area contributed by atoms with Crippen LogP contribution in [-0.2, 0) is 4.74 Å². The Morgan fingerprint density at radius 1 is 1.10 bits per heavy atom. The number of carbonyl (C=O) groups is 2. The summed E-state index contributed by atoms with van der Waals surface area (Å²) in [6, 6.07) is 9.50. The summed E-state index contributed by atoms with van der Waals surface area (Å²) in [6.45, 7) is 0. The molecule has 0 bridgehead atoms. The van der Waals surface area contributed by atoms with Gasteiger partial charge >= 0.3 is 11.9 Å². The molecule has 0 aliphatic heterocycles. The zero-order valence-corrected chi connectivity index (χ0v) is 10.6. The standard InChI is InChI=1S/C15H11FO4/c1-20-15(19)12-7-4-10(14(17)18)8-13(12)9-2-5-11(16)6-3-9/h2-8H,1H3,(H,17,18). The van der Waals surface area contributed by atoms with Crippen molar-refractivity contribution < 1.29 is 23.8 Å². The number of carboxylic acids is 1. The van der Waals surface area contributed by atoms with E-state index in [-0.39, 0.29) is 11.1 Å². The Hall–Kier alpha value is -2.69. The summed E-state index contributed by atoms with van der Waals surface area (Å²) in [5.41, 5.74) is 1.19. The summed E-state index contributed by atoms with van der Waals surface area (Å²) in [5.74, 6) is -2.10. The highest BCUT2D eigenvalue weighted by Gasteiger charge is 2.16. The van der Waals surface area contributed by atoms with Crippen molar-refractivity contribution >= 4 is 11.9 Å². The van der Waals surface area contributed by atoms with Gasteiger partial charge in [0, 0.05) is 0 Å². The largest absolute Gasteiger partial charge is 0.478 e. The number of benzene rings is 2. The van der Waals surface area contributed by atoms with Crippen molar-refractivity contribution in [2.24, 2.45) is 0 Å². The second-order valence-electron chi connectivity index (χ2n) is 4.06. The number of ether oxygens (including phenoxy) is 1. The smallest absolute Gasteiger partial charge is 0.338 e. The first kappa shape index (κ1) is 13.7. The fourth-order valence-electron chi connectivity index (χ4n) is 1.83. The molecule has 20 heavy (non-hydrogen) atoms. The lowest BCUT2D eigenvalue weighted by atomic mass is 9.97. The van der Waals surface area contributed by atoms with Crippen LogP contribution in [0.15, 0.2) is 42.5 Å². The molecule has 2 aromatic rings. The summed E-state index contributed by atoms with van der Waals surface area (Å²) in [4.78, 5) is 22.7. The van der Waals surface area contributed by atoms with Gasteiger partial charge in [0.15, 0.2) is 0 Å². The summed E-state index contributed by atoms with van der Waals surface area (Å²) < 4.78 is 17.6. The van der Waals surface area contributed by atoms with Crippen LogP contribution in [0, 0.1) is 5.82 Å². The molecule has 0 heterocycles. The van der Waals surface area contributed by atoms with Crippen molar-refractivity contribution in [3.63, 3.8) is 0 Å². The zero-order chi connectivity index (χ0) is 14.7. The maximum Gasteiger partial charge on any atom is 0.338 e. The Kier molecular flexibility index (Phi) is 3.79. The summed E-state index contributed by atoms with van der Waals surface area (Å²) in [7, 11) is 1.24. The molecule has 0 fully saturated rings. The molecule has 5 heteroatoms. The number of hydrogen-bond donors (Lipinski definition) is 1. The number of carbonyl (C=O) groups excluding carboxylic acids is 1. The van der Waals surface area contributed by atoms with Crippen LogP contribution in [0.3, 0.4) is 0 Å². The van der Waals surface area contributed by atoms with E-state index in [1.807, 2.05) is 0 Å². The molecule has 2 aromatic carbocycles. The third-order valence-electron chi connectivity index (χ3n) is 2.83. The van der Waals surface area contributed by atoms with Crippen LogP contribution in [0.4, 0.5) is 4.39 Å². The predicted molar refractivity (Wildman–Crippen MR) is 70.1 cm³/mol. The van der Waals surface area contributed by atoms with Crippen LogP contribution >= 0.6 is 0 Å². The van der Waals surface area contributed by atoms with Gasteiger partial charge in [-0.2, -0.15) is 0 Å². The Morgan fingerprint density at radius 2 is 1.75 bits per heavy atom.